The summed E-state index contributed by atoms with van der Waals surface area (Å²) in [6, 6.07) is 6.37. The Morgan fingerprint density at radius 2 is 1.58 bits per heavy atom. The number of amides is 1. The summed E-state index contributed by atoms with van der Waals surface area (Å²) < 4.78 is 90.8. The largest absolute Gasteiger partial charge is 0.416 e. The van der Waals surface area contributed by atoms with Gasteiger partial charge in [0.25, 0.3) is 5.91 Å². The van der Waals surface area contributed by atoms with E-state index >= 15 is 0 Å². The van der Waals surface area contributed by atoms with Crippen LogP contribution in [0.4, 0.5) is 30.7 Å². The number of benzene rings is 2. The Kier molecular flexibility index (Phi) is 5.79. The lowest BCUT2D eigenvalue weighted by molar-refractivity contribution is -0.143. The fourth-order valence-electron chi connectivity index (χ4n) is 2.89. The van der Waals surface area contributed by atoms with Crippen molar-refractivity contribution < 1.29 is 35.5 Å². The molecule has 0 bridgehead atoms. The standard InChI is InChI=1S/C20H14F7N3O/c1-10-4-14(21)2-3-15(10)16-8-17(30-29-16)18(31)28-9-11-5-12(19(22,23)24)7-13(6-11)20(25,26)27/h2-8H,9H2,1H3,(H,28,31)(H,29,30). The van der Waals surface area contributed by atoms with Gasteiger partial charge in [0.1, 0.15) is 11.5 Å². The summed E-state index contributed by atoms with van der Waals surface area (Å²) in [7, 11) is 0. The number of aromatic amines is 1. The molecule has 4 nitrogen and oxygen atoms in total. The van der Waals surface area contributed by atoms with Crippen molar-refractivity contribution in [3.05, 3.63) is 76.2 Å². The number of carbonyl (C=O) groups excluding carboxylic acids is 1. The molecule has 0 fully saturated rings. The van der Waals surface area contributed by atoms with Gasteiger partial charge < -0.3 is 5.32 Å². The average molecular weight is 445 g/mol. The van der Waals surface area contributed by atoms with E-state index in [2.05, 4.69) is 15.5 Å². The molecule has 1 amide bonds. The zero-order chi connectivity index (χ0) is 23.0. The van der Waals surface area contributed by atoms with E-state index < -0.39 is 41.7 Å². The van der Waals surface area contributed by atoms with Crippen LogP contribution in [-0.4, -0.2) is 16.1 Å². The van der Waals surface area contributed by atoms with Gasteiger partial charge in [0.2, 0.25) is 0 Å². The molecule has 2 aromatic carbocycles. The molecule has 0 saturated carbocycles. The molecule has 2 N–H and O–H groups in total. The number of halogens is 7. The zero-order valence-electron chi connectivity index (χ0n) is 15.7. The van der Waals surface area contributed by atoms with Crippen molar-refractivity contribution in [2.75, 3.05) is 0 Å². The fraction of sp³-hybridized carbons (Fsp3) is 0.200. The zero-order valence-corrected chi connectivity index (χ0v) is 15.7. The minimum absolute atomic E-state index is 0.0114. The van der Waals surface area contributed by atoms with Crippen LogP contribution in [0.2, 0.25) is 0 Å². The second-order valence-corrected chi connectivity index (χ2v) is 6.72. The molecule has 11 heteroatoms. The fourth-order valence-corrected chi connectivity index (χ4v) is 2.89. The van der Waals surface area contributed by atoms with Crippen molar-refractivity contribution in [2.24, 2.45) is 0 Å². The highest BCUT2D eigenvalue weighted by Crippen LogP contribution is 2.36. The van der Waals surface area contributed by atoms with Crippen LogP contribution >= 0.6 is 0 Å². The Morgan fingerprint density at radius 1 is 0.968 bits per heavy atom. The molecule has 0 atom stereocenters. The second-order valence-electron chi connectivity index (χ2n) is 6.72. The van der Waals surface area contributed by atoms with Gasteiger partial charge in [0, 0.05) is 12.1 Å². The molecule has 1 aromatic heterocycles. The number of rotatable bonds is 4. The lowest BCUT2D eigenvalue weighted by Crippen LogP contribution is -2.24. The highest BCUT2D eigenvalue weighted by molar-refractivity contribution is 5.93. The van der Waals surface area contributed by atoms with Crippen molar-refractivity contribution in [1.82, 2.24) is 15.5 Å². The van der Waals surface area contributed by atoms with Gasteiger partial charge in [0.05, 0.1) is 16.8 Å². The molecule has 0 radical (unpaired) electrons. The van der Waals surface area contributed by atoms with E-state index in [4.69, 9.17) is 0 Å². The third-order valence-corrected chi connectivity index (χ3v) is 4.39. The maximum absolute atomic E-state index is 13.2. The maximum Gasteiger partial charge on any atom is 0.416 e. The lowest BCUT2D eigenvalue weighted by atomic mass is 10.0. The van der Waals surface area contributed by atoms with Crippen LogP contribution in [0.15, 0.2) is 42.5 Å². The van der Waals surface area contributed by atoms with Gasteiger partial charge in [0.15, 0.2) is 0 Å². The van der Waals surface area contributed by atoms with E-state index in [1.807, 2.05) is 0 Å². The number of hydrogen-bond donors (Lipinski definition) is 2. The van der Waals surface area contributed by atoms with E-state index in [0.29, 0.717) is 29.0 Å². The van der Waals surface area contributed by atoms with Gasteiger partial charge in [-0.25, -0.2) is 4.39 Å². The van der Waals surface area contributed by atoms with Crippen molar-refractivity contribution in [2.45, 2.75) is 25.8 Å². The molecular formula is C20H14F7N3O. The van der Waals surface area contributed by atoms with Gasteiger partial charge in [-0.15, -0.1) is 0 Å². The Hall–Kier alpha value is -3.37. The molecule has 3 aromatic rings. The molecule has 0 aliphatic carbocycles. The molecular weight excluding hydrogens is 431 g/mol. The van der Waals surface area contributed by atoms with Crippen LogP contribution in [0.25, 0.3) is 11.3 Å². The number of hydrogen-bond acceptors (Lipinski definition) is 2. The first-order chi connectivity index (χ1) is 14.3. The first kappa shape index (κ1) is 22.3. The average Bonchev–Trinajstić information content (AvgIpc) is 3.14. The molecule has 0 aliphatic heterocycles. The summed E-state index contributed by atoms with van der Waals surface area (Å²) in [6.45, 7) is 1.06. The Morgan fingerprint density at radius 3 is 2.13 bits per heavy atom. The molecule has 0 spiro atoms. The van der Waals surface area contributed by atoms with Crippen LogP contribution in [0.5, 0.6) is 0 Å². The topological polar surface area (TPSA) is 57.8 Å². The summed E-state index contributed by atoms with van der Waals surface area (Å²) in [5, 5.41) is 8.63. The van der Waals surface area contributed by atoms with Gasteiger partial charge in [-0.3, -0.25) is 9.89 Å². The molecule has 0 aliphatic rings. The van der Waals surface area contributed by atoms with Crippen LogP contribution < -0.4 is 5.32 Å². The van der Waals surface area contributed by atoms with Crippen LogP contribution in [0, 0.1) is 12.7 Å². The number of nitrogens with zero attached hydrogens (tertiary/aromatic N) is 1. The van der Waals surface area contributed by atoms with Crippen LogP contribution in [0.3, 0.4) is 0 Å². The number of H-pyrrole nitrogens is 1. The second kappa shape index (κ2) is 8.05. The van der Waals surface area contributed by atoms with Crippen LogP contribution in [-0.2, 0) is 18.9 Å². The summed E-state index contributed by atoms with van der Waals surface area (Å²) in [5.74, 6) is -1.24. The predicted molar refractivity (Wildman–Crippen MR) is 96.3 cm³/mol. The van der Waals surface area contributed by atoms with Gasteiger partial charge >= 0.3 is 12.4 Å². The van der Waals surface area contributed by atoms with Gasteiger partial charge in [-0.2, -0.15) is 31.4 Å². The summed E-state index contributed by atoms with van der Waals surface area (Å²) in [5.41, 5.74) is -1.96. The monoisotopic (exact) mass is 445 g/mol. The first-order valence-electron chi connectivity index (χ1n) is 8.73. The highest BCUT2D eigenvalue weighted by Gasteiger charge is 2.36. The number of aromatic nitrogens is 2. The van der Waals surface area contributed by atoms with E-state index in [-0.39, 0.29) is 17.3 Å². The van der Waals surface area contributed by atoms with Gasteiger partial charge in [-0.1, -0.05) is 0 Å². The van der Waals surface area contributed by atoms with E-state index in [1.165, 1.54) is 24.3 Å². The normalized spacial score (nSPS) is 12.1. The van der Waals surface area contributed by atoms with Gasteiger partial charge in [-0.05, 0) is 60.5 Å². The van der Waals surface area contributed by atoms with E-state index in [9.17, 15) is 35.5 Å². The summed E-state index contributed by atoms with van der Waals surface area (Å²) in [6.07, 6.45) is -9.96. The molecule has 164 valence electrons. The third kappa shape index (κ3) is 5.22. The lowest BCUT2D eigenvalue weighted by Gasteiger charge is -2.14. The quantitative estimate of drug-likeness (QED) is 0.522. The molecule has 0 unspecified atom stereocenters. The SMILES string of the molecule is Cc1cc(F)ccc1-c1cc(C(=O)NCc2cc(C(F)(F)F)cc(C(F)(F)F)c2)[nH]n1. The Balaban J connectivity index is 1.79. The van der Waals surface area contributed by atoms with Crippen LogP contribution in [0.1, 0.15) is 32.7 Å². The number of alkyl halides is 6. The Labute approximate surface area is 171 Å². The first-order valence-corrected chi connectivity index (χ1v) is 8.73. The van der Waals surface area contributed by atoms with Crippen molar-refractivity contribution >= 4 is 5.91 Å². The van der Waals surface area contributed by atoms with Crippen molar-refractivity contribution in [3.63, 3.8) is 0 Å². The number of nitrogens with one attached hydrogen (secondary N) is 2. The molecule has 31 heavy (non-hydrogen) atoms. The maximum atomic E-state index is 13.2. The number of aryl methyl sites for hydroxylation is 1. The smallest absolute Gasteiger partial charge is 0.347 e. The minimum Gasteiger partial charge on any atom is -0.347 e. The third-order valence-electron chi connectivity index (χ3n) is 4.39. The minimum atomic E-state index is -4.98. The molecule has 3 rings (SSSR count). The van der Waals surface area contributed by atoms with Crippen molar-refractivity contribution in [3.8, 4) is 11.3 Å². The highest BCUT2D eigenvalue weighted by atomic mass is 19.4. The summed E-state index contributed by atoms with van der Waals surface area (Å²) in [4.78, 5) is 12.3. The predicted octanol–water partition coefficient (Wildman–Crippen LogP) is 5.49. The van der Waals surface area contributed by atoms with E-state index in [0.717, 1.165) is 0 Å². The molecule has 1 heterocycles. The number of carbonyl (C=O) groups is 1. The Bertz CT molecular complexity index is 1080. The van der Waals surface area contributed by atoms with E-state index in [1.54, 1.807) is 6.92 Å². The summed E-state index contributed by atoms with van der Waals surface area (Å²) >= 11 is 0. The molecule has 0 saturated heterocycles. The van der Waals surface area contributed by atoms with Crippen molar-refractivity contribution in [1.29, 1.82) is 0 Å².